The Labute approximate surface area is 405 Å². The monoisotopic (exact) mass is 1010 g/mol. The van der Waals surface area contributed by atoms with Crippen LogP contribution in [-0.2, 0) is 24.6 Å². The van der Waals surface area contributed by atoms with Gasteiger partial charge in [0.1, 0.15) is 11.2 Å². The summed E-state index contributed by atoms with van der Waals surface area (Å²) >= 11 is 7.68. The van der Waals surface area contributed by atoms with E-state index in [0.717, 1.165) is 74.7 Å². The molecule has 2 saturated heterocycles. The third-order valence-electron chi connectivity index (χ3n) is 12.8. The Morgan fingerprint density at radius 1 is 0.912 bits per heavy atom. The normalized spacial score (nSPS) is 19.5. The van der Waals surface area contributed by atoms with Crippen LogP contribution in [0.5, 0.6) is 0 Å². The van der Waals surface area contributed by atoms with Gasteiger partial charge < -0.3 is 15.0 Å². The number of hydrogen-bond donors (Lipinski definition) is 2. The third kappa shape index (κ3) is 11.8. The molecule has 20 heteroatoms. The van der Waals surface area contributed by atoms with Gasteiger partial charge in [-0.05, 0) is 117 Å². The van der Waals surface area contributed by atoms with Gasteiger partial charge in [0.2, 0.25) is 0 Å². The van der Waals surface area contributed by atoms with Crippen molar-refractivity contribution in [3.8, 4) is 0 Å². The molecule has 0 bridgehead atoms. The van der Waals surface area contributed by atoms with Crippen LogP contribution < -0.4 is 14.9 Å². The van der Waals surface area contributed by atoms with Crippen molar-refractivity contribution in [1.82, 2.24) is 19.8 Å². The highest BCUT2D eigenvalue weighted by molar-refractivity contribution is 7.99. The maximum absolute atomic E-state index is 14.3. The van der Waals surface area contributed by atoms with E-state index in [0.29, 0.717) is 67.0 Å². The second-order valence-corrected chi connectivity index (χ2v) is 22.7. The highest BCUT2D eigenvalue weighted by Crippen LogP contribution is 2.41. The number of nitrogens with one attached hydrogen (secondary N) is 2. The molecule has 0 amide bonds. The van der Waals surface area contributed by atoms with Gasteiger partial charge in [0.25, 0.3) is 19.9 Å². The molecule has 2 aliphatic heterocycles. The minimum absolute atomic E-state index is 0.117. The molecule has 1 unspecified atom stereocenters. The van der Waals surface area contributed by atoms with Crippen LogP contribution in [0.1, 0.15) is 38.2 Å². The predicted molar refractivity (Wildman–Crippen MR) is 265 cm³/mol. The molecule has 3 aliphatic rings. The Balaban J connectivity index is 0.986. The van der Waals surface area contributed by atoms with Crippen molar-refractivity contribution >= 4 is 83.6 Å². The molecule has 0 spiro atoms. The van der Waals surface area contributed by atoms with Crippen molar-refractivity contribution in [2.45, 2.75) is 64.4 Å². The van der Waals surface area contributed by atoms with Gasteiger partial charge >= 0.3 is 5.51 Å². The van der Waals surface area contributed by atoms with E-state index in [1.165, 1.54) is 34.8 Å². The lowest BCUT2D eigenvalue weighted by Crippen LogP contribution is -2.47. The first-order valence-corrected chi connectivity index (χ1v) is 26.7. The van der Waals surface area contributed by atoms with E-state index in [-0.39, 0.29) is 17.0 Å². The number of ether oxygens (including phenoxy) is 1. The summed E-state index contributed by atoms with van der Waals surface area (Å²) in [5, 5.41) is 4.08. The molecule has 2 atom stereocenters. The summed E-state index contributed by atoms with van der Waals surface area (Å²) < 4.78 is 105. The number of sulfonamides is 1. The number of rotatable bonds is 17. The molecule has 8 rings (SSSR count). The lowest BCUT2D eigenvalue weighted by Gasteiger charge is -2.39. The van der Waals surface area contributed by atoms with Crippen molar-refractivity contribution in [3.63, 3.8) is 0 Å². The molecule has 0 radical (unpaired) electrons. The number of sulfone groups is 1. The summed E-state index contributed by atoms with van der Waals surface area (Å²) in [6, 6.07) is 25.0. The highest BCUT2D eigenvalue weighted by Gasteiger charge is 2.48. The van der Waals surface area contributed by atoms with Crippen LogP contribution in [0.2, 0.25) is 5.02 Å². The van der Waals surface area contributed by atoms with Crippen LogP contribution in [0.4, 0.5) is 30.4 Å². The third-order valence-corrected chi connectivity index (χ3v) is 17.1. The number of alkyl halides is 3. The van der Waals surface area contributed by atoms with E-state index in [2.05, 4.69) is 65.5 Å². The number of benzene rings is 4. The summed E-state index contributed by atoms with van der Waals surface area (Å²) in [7, 11) is -10.7. The Morgan fingerprint density at radius 2 is 1.65 bits per heavy atom. The summed E-state index contributed by atoms with van der Waals surface area (Å²) in [5.41, 5.74) is -1.12. The molecule has 362 valence electrons. The highest BCUT2D eigenvalue weighted by atomic mass is 35.5. The molecule has 68 heavy (non-hydrogen) atoms. The first-order valence-electron chi connectivity index (χ1n) is 22.4. The van der Waals surface area contributed by atoms with Gasteiger partial charge in [-0.3, -0.25) is 19.5 Å². The molecule has 1 aromatic heterocycles. The first kappa shape index (κ1) is 49.7. The number of halogens is 4. The van der Waals surface area contributed by atoms with E-state index in [9.17, 15) is 30.0 Å². The van der Waals surface area contributed by atoms with Gasteiger partial charge in [-0.1, -0.05) is 41.9 Å². The zero-order valence-corrected chi connectivity index (χ0v) is 40.8. The molecule has 13 nitrogen and oxygen atoms in total. The number of allylic oxidation sites excluding steroid dienone is 1. The topological polar surface area (TPSA) is 149 Å². The van der Waals surface area contributed by atoms with E-state index >= 15 is 0 Å². The van der Waals surface area contributed by atoms with Crippen molar-refractivity contribution < 1.29 is 34.7 Å². The summed E-state index contributed by atoms with van der Waals surface area (Å²) in [6.07, 6.45) is 4.31. The molecule has 2 N–H and O–H groups in total. The summed E-state index contributed by atoms with van der Waals surface area (Å²) in [4.78, 5) is 19.0. The number of thioether (sulfide) groups is 1. The molecule has 4 aromatic carbocycles. The van der Waals surface area contributed by atoms with Crippen molar-refractivity contribution in [2.24, 2.45) is 4.99 Å². The minimum atomic E-state index is -6.03. The lowest BCUT2D eigenvalue weighted by molar-refractivity contribution is -0.0435. The fraction of sp³-hybridized carbons (Fsp3) is 0.396. The smallest absolute Gasteiger partial charge is 0.380 e. The Hall–Kier alpha value is -4.76. The molecule has 3 heterocycles. The van der Waals surface area contributed by atoms with E-state index in [1.54, 1.807) is 6.07 Å². The average molecular weight is 1010 g/mol. The van der Waals surface area contributed by atoms with Gasteiger partial charge in [-0.2, -0.15) is 13.2 Å². The number of anilines is 3. The van der Waals surface area contributed by atoms with Gasteiger partial charge in [-0.15, -0.1) is 11.8 Å². The van der Waals surface area contributed by atoms with Crippen molar-refractivity contribution in [3.05, 3.63) is 113 Å². The Morgan fingerprint density at radius 3 is 2.35 bits per heavy atom. The minimum Gasteiger partial charge on any atom is -0.380 e. The summed E-state index contributed by atoms with van der Waals surface area (Å²) in [5.74, 6) is 0.271. The zero-order valence-electron chi connectivity index (χ0n) is 37.6. The number of aliphatic imine (C=N–C) groups is 1. The molecular formula is C48H54ClF3N8O5S3. The number of aromatic nitrogens is 2. The number of nitrogens with zero attached hydrogens (tertiary/aromatic N) is 6. The van der Waals surface area contributed by atoms with E-state index in [1.807, 2.05) is 54.6 Å². The van der Waals surface area contributed by atoms with Crippen LogP contribution in [0, 0.1) is 0 Å². The predicted octanol–water partition coefficient (Wildman–Crippen LogP) is 8.89. The average Bonchev–Trinajstić information content (AvgIpc) is 3.33. The largest absolute Gasteiger partial charge is 0.501 e. The fourth-order valence-corrected chi connectivity index (χ4v) is 12.1. The zero-order chi connectivity index (χ0) is 48.1. The molecule has 1 aliphatic carbocycles. The van der Waals surface area contributed by atoms with Crippen LogP contribution >= 0.6 is 23.4 Å². The Bertz CT molecular complexity index is 2850. The summed E-state index contributed by atoms with van der Waals surface area (Å²) in [6.45, 7) is 13.0. The van der Waals surface area contributed by atoms with Gasteiger partial charge in [0.05, 0.1) is 34.9 Å². The van der Waals surface area contributed by atoms with Crippen LogP contribution in [0.25, 0.3) is 16.5 Å². The van der Waals surface area contributed by atoms with Gasteiger partial charge in [0.15, 0.2) is 5.82 Å². The number of hydrogen-bond acceptors (Lipinski definition) is 13. The first-order chi connectivity index (χ1) is 32.5. The standard InChI is InChI=1S/C48H54ClF3N8O5S3/c1-47(53-2)18-16-41(34-8-10-36(49)11-9-34)35(30-47)31-59-20-22-60(23-21-59)38-12-14-42-44(28-38)54-33-55-46(42)57-68(63,64)40-13-15-43(45(29-40)67(61,62)48(50,51)52)56-37(17-19-58-24-26-65-27-25-58)32-66-39-6-4-3-5-7-39/h3-15,28-29,33,37,56H,2,16-27,30-32H2,1H3,(H,54,55,57)/t37-,47?/m1/s1. The Kier molecular flexibility index (Phi) is 15.4. The quantitative estimate of drug-likeness (QED) is 0.0677. The van der Waals surface area contributed by atoms with Crippen LogP contribution in [0.3, 0.4) is 0 Å². The molecule has 2 fully saturated rings. The fourth-order valence-electron chi connectivity index (χ4n) is 8.89. The van der Waals surface area contributed by atoms with Crippen molar-refractivity contribution in [2.75, 3.05) is 86.3 Å². The molecule has 5 aromatic rings. The number of fused-ring (bicyclic) bond motifs is 1. The van der Waals surface area contributed by atoms with Crippen LogP contribution in [0.15, 0.2) is 123 Å². The molecule has 0 saturated carbocycles. The van der Waals surface area contributed by atoms with Crippen molar-refractivity contribution in [1.29, 1.82) is 0 Å². The maximum Gasteiger partial charge on any atom is 0.501 e. The van der Waals surface area contributed by atoms with E-state index in [4.69, 9.17) is 16.3 Å². The van der Waals surface area contributed by atoms with Gasteiger partial charge in [0, 0.05) is 85.1 Å². The second kappa shape index (κ2) is 21.1. The lowest BCUT2D eigenvalue weighted by atomic mass is 9.77. The molecular weight excluding hydrogens is 957 g/mol. The second-order valence-electron chi connectivity index (χ2n) is 17.5. The number of morpholine rings is 1. The maximum atomic E-state index is 14.3. The van der Waals surface area contributed by atoms with Crippen LogP contribution in [-0.4, -0.2) is 132 Å². The SMILES string of the molecule is C=NC1(C)CCC(c2ccc(Cl)cc2)=C(CN2CCN(c3ccc4c(NS(=O)(=O)c5ccc(N[C@H](CCN6CCOCC6)CSc6ccccc6)c(S(=O)(=O)C(F)(F)F)c5)ncnc4c3)CC2)C1. The van der Waals surface area contributed by atoms with Gasteiger partial charge in [-0.25, -0.2) is 26.8 Å². The van der Waals surface area contributed by atoms with E-state index < -0.39 is 41.2 Å². The number of piperazine rings is 1.